The topological polar surface area (TPSA) is 46.2 Å². The molecule has 1 amide bonds. The third-order valence-electron chi connectivity index (χ3n) is 4.87. The van der Waals surface area contributed by atoms with Crippen LogP contribution in [0.3, 0.4) is 0 Å². The third-order valence-corrected chi connectivity index (χ3v) is 4.87. The molecule has 0 saturated carbocycles. The Morgan fingerprint density at radius 2 is 1.87 bits per heavy atom. The van der Waals surface area contributed by atoms with Gasteiger partial charge in [0.05, 0.1) is 12.0 Å². The summed E-state index contributed by atoms with van der Waals surface area (Å²) in [6.45, 7) is 0. The number of rotatable bonds is 2. The molecular formula is C19H16FNO2. The number of benzene rings is 2. The lowest BCUT2D eigenvalue weighted by molar-refractivity contribution is -0.123. The fraction of sp³-hybridized carbons (Fsp3) is 0.263. The van der Waals surface area contributed by atoms with E-state index in [9.17, 15) is 14.0 Å². The van der Waals surface area contributed by atoms with Gasteiger partial charge in [-0.3, -0.25) is 9.59 Å². The maximum Gasteiger partial charge on any atom is 0.228 e. The van der Waals surface area contributed by atoms with E-state index in [1.165, 1.54) is 6.07 Å². The first kappa shape index (κ1) is 14.1. The third kappa shape index (κ3) is 2.25. The minimum absolute atomic E-state index is 0.0126. The van der Waals surface area contributed by atoms with Crippen molar-refractivity contribution in [3.05, 3.63) is 70.5 Å². The molecule has 2 aromatic carbocycles. The van der Waals surface area contributed by atoms with Crippen LogP contribution in [0.5, 0.6) is 0 Å². The number of amides is 1. The summed E-state index contributed by atoms with van der Waals surface area (Å²) >= 11 is 0. The molecule has 2 unspecified atom stereocenters. The zero-order valence-electron chi connectivity index (χ0n) is 12.5. The normalized spacial score (nSPS) is 21.9. The summed E-state index contributed by atoms with van der Waals surface area (Å²) in [4.78, 5) is 24.7. The Labute approximate surface area is 133 Å². The van der Waals surface area contributed by atoms with Crippen molar-refractivity contribution in [1.82, 2.24) is 5.32 Å². The van der Waals surface area contributed by atoms with Gasteiger partial charge in [-0.05, 0) is 35.6 Å². The highest BCUT2D eigenvalue weighted by Gasteiger charge is 2.36. The van der Waals surface area contributed by atoms with Gasteiger partial charge in [0.25, 0.3) is 0 Å². The molecule has 0 aromatic heterocycles. The van der Waals surface area contributed by atoms with Crippen LogP contribution in [-0.4, -0.2) is 11.7 Å². The number of ketones is 1. The van der Waals surface area contributed by atoms with Crippen molar-refractivity contribution in [2.24, 2.45) is 0 Å². The van der Waals surface area contributed by atoms with E-state index in [0.717, 1.165) is 11.1 Å². The molecule has 0 fully saturated rings. The Morgan fingerprint density at radius 3 is 2.74 bits per heavy atom. The Hall–Kier alpha value is -2.49. The number of hydrogen-bond donors (Lipinski definition) is 1. The predicted molar refractivity (Wildman–Crippen MR) is 83.7 cm³/mol. The second-order valence-corrected chi connectivity index (χ2v) is 6.17. The molecule has 0 saturated heterocycles. The molecule has 4 heteroatoms. The molecule has 4 rings (SSSR count). The fourth-order valence-corrected chi connectivity index (χ4v) is 3.73. The van der Waals surface area contributed by atoms with Gasteiger partial charge in [0.1, 0.15) is 5.82 Å². The smallest absolute Gasteiger partial charge is 0.228 e. The molecule has 2 aliphatic carbocycles. The van der Waals surface area contributed by atoms with Crippen LogP contribution in [0.2, 0.25) is 0 Å². The SMILES string of the molecule is O=C1CC(C(=O)NC2CCc3c(F)cccc32)c2ccccc21. The van der Waals surface area contributed by atoms with Crippen molar-refractivity contribution < 1.29 is 14.0 Å². The van der Waals surface area contributed by atoms with Crippen LogP contribution in [0.1, 0.15) is 51.8 Å². The summed E-state index contributed by atoms with van der Waals surface area (Å²) in [6, 6.07) is 12.1. The summed E-state index contributed by atoms with van der Waals surface area (Å²) in [6.07, 6.45) is 1.55. The number of hydrogen-bond acceptors (Lipinski definition) is 2. The van der Waals surface area contributed by atoms with Crippen molar-refractivity contribution in [3.8, 4) is 0 Å². The quantitative estimate of drug-likeness (QED) is 0.925. The lowest BCUT2D eigenvalue weighted by Crippen LogP contribution is -2.31. The van der Waals surface area contributed by atoms with Gasteiger partial charge in [0.15, 0.2) is 5.78 Å². The van der Waals surface area contributed by atoms with Crippen molar-refractivity contribution in [2.45, 2.75) is 31.2 Å². The largest absolute Gasteiger partial charge is 0.349 e. The summed E-state index contributed by atoms with van der Waals surface area (Å²) < 4.78 is 13.8. The van der Waals surface area contributed by atoms with Crippen molar-refractivity contribution in [2.75, 3.05) is 0 Å². The zero-order chi connectivity index (χ0) is 16.0. The van der Waals surface area contributed by atoms with Gasteiger partial charge in [-0.2, -0.15) is 0 Å². The van der Waals surface area contributed by atoms with E-state index in [4.69, 9.17) is 0 Å². The molecule has 1 N–H and O–H groups in total. The standard InChI is InChI=1S/C19H16FNO2/c20-16-7-3-6-13-12(16)8-9-17(13)21-19(23)15-10-18(22)14-5-2-1-4-11(14)15/h1-7,15,17H,8-10H2,(H,21,23). The minimum atomic E-state index is -0.434. The Morgan fingerprint density at radius 1 is 1.09 bits per heavy atom. The molecule has 0 radical (unpaired) electrons. The van der Waals surface area contributed by atoms with Crippen molar-refractivity contribution in [3.63, 3.8) is 0 Å². The molecule has 3 nitrogen and oxygen atoms in total. The predicted octanol–water partition coefficient (Wildman–Crippen LogP) is 3.30. The Kier molecular flexibility index (Phi) is 3.26. The molecular weight excluding hydrogens is 293 g/mol. The number of fused-ring (bicyclic) bond motifs is 2. The van der Waals surface area contributed by atoms with Crippen molar-refractivity contribution >= 4 is 11.7 Å². The summed E-state index contributed by atoms with van der Waals surface area (Å²) in [5, 5.41) is 3.01. The summed E-state index contributed by atoms with van der Waals surface area (Å²) in [5.74, 6) is -0.777. The molecule has 23 heavy (non-hydrogen) atoms. The number of carbonyl (C=O) groups excluding carboxylic acids is 2. The first-order valence-corrected chi connectivity index (χ1v) is 7.85. The first-order valence-electron chi connectivity index (χ1n) is 7.85. The summed E-state index contributed by atoms with van der Waals surface area (Å²) in [7, 11) is 0. The van der Waals surface area contributed by atoms with Crippen LogP contribution in [-0.2, 0) is 11.2 Å². The highest BCUT2D eigenvalue weighted by atomic mass is 19.1. The van der Waals surface area contributed by atoms with E-state index < -0.39 is 5.92 Å². The number of carbonyl (C=O) groups is 2. The maximum atomic E-state index is 13.8. The minimum Gasteiger partial charge on any atom is -0.349 e. The maximum absolute atomic E-state index is 13.8. The van der Waals surface area contributed by atoms with Crippen LogP contribution in [0.4, 0.5) is 4.39 Å². The Balaban J connectivity index is 1.57. The van der Waals surface area contributed by atoms with Crippen LogP contribution >= 0.6 is 0 Å². The molecule has 0 bridgehead atoms. The molecule has 116 valence electrons. The molecule has 0 aliphatic heterocycles. The van der Waals surface area contributed by atoms with E-state index in [0.29, 0.717) is 24.0 Å². The first-order chi connectivity index (χ1) is 11.1. The average Bonchev–Trinajstić information content (AvgIpc) is 3.11. The number of halogens is 1. The molecule has 0 heterocycles. The highest BCUT2D eigenvalue weighted by molar-refractivity contribution is 6.06. The molecule has 2 atom stereocenters. The lowest BCUT2D eigenvalue weighted by Gasteiger charge is -2.18. The lowest BCUT2D eigenvalue weighted by atomic mass is 9.99. The van der Waals surface area contributed by atoms with Gasteiger partial charge in [0, 0.05) is 12.0 Å². The monoisotopic (exact) mass is 309 g/mol. The van der Waals surface area contributed by atoms with E-state index in [-0.39, 0.29) is 30.0 Å². The van der Waals surface area contributed by atoms with Gasteiger partial charge in [-0.15, -0.1) is 0 Å². The van der Waals surface area contributed by atoms with E-state index in [1.54, 1.807) is 12.1 Å². The second kappa shape index (κ2) is 5.30. The van der Waals surface area contributed by atoms with Gasteiger partial charge in [-0.25, -0.2) is 4.39 Å². The second-order valence-electron chi connectivity index (χ2n) is 6.17. The van der Waals surface area contributed by atoms with Gasteiger partial charge >= 0.3 is 0 Å². The zero-order valence-corrected chi connectivity index (χ0v) is 12.5. The number of nitrogens with one attached hydrogen (secondary N) is 1. The van der Waals surface area contributed by atoms with E-state index in [2.05, 4.69) is 5.32 Å². The van der Waals surface area contributed by atoms with E-state index in [1.807, 2.05) is 24.3 Å². The Bertz CT molecular complexity index is 815. The molecule has 0 spiro atoms. The van der Waals surface area contributed by atoms with Crippen molar-refractivity contribution in [1.29, 1.82) is 0 Å². The summed E-state index contributed by atoms with van der Waals surface area (Å²) in [5.41, 5.74) is 3.00. The number of Topliss-reactive ketones (excluding diaryl/α,β-unsaturated/α-hetero) is 1. The van der Waals surface area contributed by atoms with Gasteiger partial charge in [0.2, 0.25) is 5.91 Å². The van der Waals surface area contributed by atoms with Crippen LogP contribution < -0.4 is 5.32 Å². The van der Waals surface area contributed by atoms with Crippen LogP contribution in [0, 0.1) is 5.82 Å². The molecule has 2 aromatic rings. The fourth-order valence-electron chi connectivity index (χ4n) is 3.73. The van der Waals surface area contributed by atoms with E-state index >= 15 is 0 Å². The van der Waals surface area contributed by atoms with Crippen LogP contribution in [0.15, 0.2) is 42.5 Å². The molecule has 2 aliphatic rings. The highest BCUT2D eigenvalue weighted by Crippen LogP contribution is 2.36. The van der Waals surface area contributed by atoms with Gasteiger partial charge < -0.3 is 5.32 Å². The van der Waals surface area contributed by atoms with Crippen LogP contribution in [0.25, 0.3) is 0 Å². The average molecular weight is 309 g/mol. The van der Waals surface area contributed by atoms with Gasteiger partial charge in [-0.1, -0.05) is 36.4 Å².